The van der Waals surface area contributed by atoms with Crippen LogP contribution in [0.25, 0.3) is 0 Å². The van der Waals surface area contributed by atoms with Gasteiger partial charge in [-0.2, -0.15) is 0 Å². The molecule has 0 saturated carbocycles. The van der Waals surface area contributed by atoms with Gasteiger partial charge >= 0.3 is 5.97 Å². The van der Waals surface area contributed by atoms with Gasteiger partial charge in [-0.05, 0) is 37.1 Å². The van der Waals surface area contributed by atoms with Gasteiger partial charge in [0.05, 0.1) is 5.56 Å². The molecule has 0 saturated heterocycles. The van der Waals surface area contributed by atoms with E-state index in [0.29, 0.717) is 12.1 Å². The van der Waals surface area contributed by atoms with E-state index < -0.39 is 12.1 Å². The number of hydrogen-bond acceptors (Lipinski definition) is 5. The van der Waals surface area contributed by atoms with Gasteiger partial charge in [0.1, 0.15) is 5.82 Å². The van der Waals surface area contributed by atoms with Crippen molar-refractivity contribution in [2.75, 3.05) is 30.4 Å². The fraction of sp³-hybridized carbons (Fsp3) is 0.316. The molecule has 2 heterocycles. The van der Waals surface area contributed by atoms with E-state index in [1.807, 2.05) is 43.3 Å². The van der Waals surface area contributed by atoms with Crippen LogP contribution in [0.15, 0.2) is 42.6 Å². The summed E-state index contributed by atoms with van der Waals surface area (Å²) in [5.74, 6) is -0.0170. The normalized spacial score (nSPS) is 14.0. The summed E-state index contributed by atoms with van der Waals surface area (Å²) >= 11 is 0. The number of carbonyl (C=O) groups excluding carboxylic acids is 2. The lowest BCUT2D eigenvalue weighted by Crippen LogP contribution is -2.39. The van der Waals surface area contributed by atoms with Gasteiger partial charge in [-0.25, -0.2) is 9.78 Å². The monoisotopic (exact) mass is 339 g/mol. The standard InChI is InChI=1S/C19H21N3O3/c1-13(18(23)22-11-10-14-6-4-5-7-16(14)22)25-19(24)15-8-9-17(20-12-15)21(2)3/h4-9,12-13H,10-11H2,1-3H3. The summed E-state index contributed by atoms with van der Waals surface area (Å²) < 4.78 is 5.34. The van der Waals surface area contributed by atoms with Crippen LogP contribution in [0.2, 0.25) is 0 Å². The molecule has 0 fully saturated rings. The number of para-hydroxylation sites is 1. The van der Waals surface area contributed by atoms with E-state index in [4.69, 9.17) is 4.74 Å². The Morgan fingerprint density at radius 3 is 2.64 bits per heavy atom. The molecule has 0 N–H and O–H groups in total. The van der Waals surface area contributed by atoms with E-state index >= 15 is 0 Å². The Morgan fingerprint density at radius 2 is 1.96 bits per heavy atom. The highest BCUT2D eigenvalue weighted by molar-refractivity contribution is 6.00. The van der Waals surface area contributed by atoms with E-state index in [2.05, 4.69) is 4.98 Å². The van der Waals surface area contributed by atoms with Gasteiger partial charge in [0.2, 0.25) is 0 Å². The molecule has 1 aromatic carbocycles. The third kappa shape index (κ3) is 3.47. The smallest absolute Gasteiger partial charge is 0.340 e. The van der Waals surface area contributed by atoms with Gasteiger partial charge in [-0.15, -0.1) is 0 Å². The van der Waals surface area contributed by atoms with E-state index in [1.54, 1.807) is 24.0 Å². The second kappa shape index (κ2) is 6.93. The summed E-state index contributed by atoms with van der Waals surface area (Å²) in [7, 11) is 3.74. The predicted octanol–water partition coefficient (Wildman–Crippen LogP) is 2.28. The number of pyridine rings is 1. The van der Waals surface area contributed by atoms with Gasteiger partial charge in [0.15, 0.2) is 6.10 Å². The van der Waals surface area contributed by atoms with Crippen molar-refractivity contribution in [3.8, 4) is 0 Å². The maximum atomic E-state index is 12.6. The number of nitrogens with zero attached hydrogens (tertiary/aromatic N) is 3. The van der Waals surface area contributed by atoms with Crippen molar-refractivity contribution in [3.05, 3.63) is 53.7 Å². The number of esters is 1. The van der Waals surface area contributed by atoms with Crippen molar-refractivity contribution < 1.29 is 14.3 Å². The maximum Gasteiger partial charge on any atom is 0.340 e. The highest BCUT2D eigenvalue weighted by atomic mass is 16.5. The number of anilines is 2. The van der Waals surface area contributed by atoms with Crippen molar-refractivity contribution in [2.45, 2.75) is 19.4 Å². The molecule has 1 aliphatic rings. The molecule has 6 heteroatoms. The quantitative estimate of drug-likeness (QED) is 0.800. The molecule has 1 aliphatic heterocycles. The number of amides is 1. The van der Waals surface area contributed by atoms with E-state index in [9.17, 15) is 9.59 Å². The molecule has 1 atom stereocenters. The molecular formula is C19H21N3O3. The Kier molecular flexibility index (Phi) is 4.70. The number of hydrogen-bond donors (Lipinski definition) is 0. The van der Waals surface area contributed by atoms with Crippen molar-refractivity contribution in [1.29, 1.82) is 0 Å². The lowest BCUT2D eigenvalue weighted by molar-refractivity contribution is -0.126. The molecule has 0 radical (unpaired) electrons. The summed E-state index contributed by atoms with van der Waals surface area (Å²) in [6, 6.07) is 11.2. The van der Waals surface area contributed by atoms with Crippen molar-refractivity contribution >= 4 is 23.4 Å². The Balaban J connectivity index is 1.66. The Bertz CT molecular complexity index is 787. The first kappa shape index (κ1) is 17.0. The summed E-state index contributed by atoms with van der Waals surface area (Å²) in [5.41, 5.74) is 2.36. The van der Waals surface area contributed by atoms with Gasteiger partial charge in [0.25, 0.3) is 5.91 Å². The Hall–Kier alpha value is -2.89. The highest BCUT2D eigenvalue weighted by Gasteiger charge is 2.29. The number of fused-ring (bicyclic) bond motifs is 1. The number of carbonyl (C=O) groups is 2. The van der Waals surface area contributed by atoms with E-state index in [1.165, 1.54) is 6.20 Å². The zero-order valence-corrected chi connectivity index (χ0v) is 14.6. The number of rotatable bonds is 4. The second-order valence-electron chi connectivity index (χ2n) is 6.22. The molecule has 130 valence electrons. The van der Waals surface area contributed by atoms with Crippen LogP contribution in [0.5, 0.6) is 0 Å². The molecule has 0 bridgehead atoms. The van der Waals surface area contributed by atoms with Gasteiger partial charge in [-0.1, -0.05) is 18.2 Å². The zero-order valence-electron chi connectivity index (χ0n) is 14.6. The molecule has 2 aromatic rings. The summed E-state index contributed by atoms with van der Waals surface area (Å²) in [6.45, 7) is 2.21. The van der Waals surface area contributed by atoms with Crippen LogP contribution in [0.1, 0.15) is 22.8 Å². The lowest BCUT2D eigenvalue weighted by atomic mass is 10.2. The first-order valence-electron chi connectivity index (χ1n) is 8.21. The van der Waals surface area contributed by atoms with Crippen LogP contribution in [-0.2, 0) is 16.0 Å². The molecule has 25 heavy (non-hydrogen) atoms. The molecule has 6 nitrogen and oxygen atoms in total. The number of benzene rings is 1. The van der Waals surface area contributed by atoms with Crippen LogP contribution >= 0.6 is 0 Å². The minimum Gasteiger partial charge on any atom is -0.449 e. The van der Waals surface area contributed by atoms with Gasteiger partial charge in [0, 0.05) is 32.5 Å². The van der Waals surface area contributed by atoms with Crippen LogP contribution in [0, 0.1) is 0 Å². The van der Waals surface area contributed by atoms with E-state index in [-0.39, 0.29) is 5.91 Å². The number of aromatic nitrogens is 1. The fourth-order valence-electron chi connectivity index (χ4n) is 2.84. The largest absolute Gasteiger partial charge is 0.449 e. The number of ether oxygens (including phenoxy) is 1. The fourth-order valence-corrected chi connectivity index (χ4v) is 2.84. The van der Waals surface area contributed by atoms with Gasteiger partial charge in [-0.3, -0.25) is 4.79 Å². The predicted molar refractivity (Wildman–Crippen MR) is 95.9 cm³/mol. The Morgan fingerprint density at radius 1 is 1.20 bits per heavy atom. The maximum absolute atomic E-state index is 12.6. The molecule has 1 aromatic heterocycles. The topological polar surface area (TPSA) is 62.7 Å². The Labute approximate surface area is 147 Å². The summed E-state index contributed by atoms with van der Waals surface area (Å²) in [6.07, 6.45) is 1.42. The van der Waals surface area contributed by atoms with Gasteiger partial charge < -0.3 is 14.5 Å². The SMILES string of the molecule is CC(OC(=O)c1ccc(N(C)C)nc1)C(=O)N1CCc2ccccc21. The highest BCUT2D eigenvalue weighted by Crippen LogP contribution is 2.28. The van der Waals surface area contributed by atoms with Crippen LogP contribution in [-0.4, -0.2) is 43.6 Å². The molecule has 1 amide bonds. The molecule has 0 aliphatic carbocycles. The second-order valence-corrected chi connectivity index (χ2v) is 6.22. The lowest BCUT2D eigenvalue weighted by Gasteiger charge is -2.21. The van der Waals surface area contributed by atoms with Crippen molar-refractivity contribution in [3.63, 3.8) is 0 Å². The first-order valence-corrected chi connectivity index (χ1v) is 8.21. The summed E-state index contributed by atoms with van der Waals surface area (Å²) in [5, 5.41) is 0. The van der Waals surface area contributed by atoms with Crippen molar-refractivity contribution in [1.82, 2.24) is 4.98 Å². The van der Waals surface area contributed by atoms with Crippen molar-refractivity contribution in [2.24, 2.45) is 0 Å². The third-order valence-corrected chi connectivity index (χ3v) is 4.23. The average molecular weight is 339 g/mol. The third-order valence-electron chi connectivity index (χ3n) is 4.23. The first-order chi connectivity index (χ1) is 12.0. The average Bonchev–Trinajstić information content (AvgIpc) is 3.05. The minimum absolute atomic E-state index is 0.212. The molecular weight excluding hydrogens is 318 g/mol. The molecule has 3 rings (SSSR count). The summed E-state index contributed by atoms with van der Waals surface area (Å²) in [4.78, 5) is 32.6. The van der Waals surface area contributed by atoms with Crippen LogP contribution < -0.4 is 9.80 Å². The minimum atomic E-state index is -0.854. The van der Waals surface area contributed by atoms with Crippen LogP contribution in [0.4, 0.5) is 11.5 Å². The van der Waals surface area contributed by atoms with E-state index in [0.717, 1.165) is 23.5 Å². The van der Waals surface area contributed by atoms with Crippen LogP contribution in [0.3, 0.4) is 0 Å². The molecule has 0 spiro atoms. The molecule has 1 unspecified atom stereocenters. The zero-order chi connectivity index (χ0) is 18.0.